The summed E-state index contributed by atoms with van der Waals surface area (Å²) in [4.78, 5) is 8.77. The van der Waals surface area contributed by atoms with E-state index >= 15 is 0 Å². The fourth-order valence-electron chi connectivity index (χ4n) is 3.81. The smallest absolute Gasteiger partial charge is 0.191 e. The number of ether oxygens (including phenoxy) is 2. The minimum Gasteiger partial charge on any atom is -0.497 e. The van der Waals surface area contributed by atoms with E-state index in [-0.39, 0.29) is 29.8 Å². The first-order valence-corrected chi connectivity index (χ1v) is 11.0. The van der Waals surface area contributed by atoms with Crippen LogP contribution in [0.1, 0.15) is 18.1 Å². The molecule has 1 aliphatic rings. The monoisotopic (exact) mass is 571 g/mol. The Morgan fingerprint density at radius 3 is 2.33 bits per heavy atom. The molecule has 0 spiro atoms. The van der Waals surface area contributed by atoms with E-state index < -0.39 is 0 Å². The molecule has 1 aliphatic heterocycles. The summed E-state index contributed by atoms with van der Waals surface area (Å²) < 4.78 is 25.5. The second-order valence-electron chi connectivity index (χ2n) is 7.66. The number of benzene rings is 2. The molecule has 182 valence electrons. The Morgan fingerprint density at radius 2 is 1.73 bits per heavy atom. The molecule has 0 radical (unpaired) electrons. The minimum atomic E-state index is -0.180. The highest BCUT2D eigenvalue weighted by Gasteiger charge is 2.18. The molecular weight excluding hydrogens is 536 g/mol. The number of anilines is 1. The summed E-state index contributed by atoms with van der Waals surface area (Å²) in [6, 6.07) is 11.1. The van der Waals surface area contributed by atoms with Crippen molar-refractivity contribution in [2.24, 2.45) is 4.99 Å². The minimum absolute atomic E-state index is 0. The van der Waals surface area contributed by atoms with Crippen LogP contribution in [-0.2, 0) is 13.1 Å². The Morgan fingerprint density at radius 1 is 1.00 bits per heavy atom. The van der Waals surface area contributed by atoms with Crippen LogP contribution in [0.4, 0.5) is 10.1 Å². The van der Waals surface area contributed by atoms with Gasteiger partial charge in [-0.2, -0.15) is 0 Å². The van der Waals surface area contributed by atoms with Crippen molar-refractivity contribution < 1.29 is 13.9 Å². The number of guanidine groups is 1. The van der Waals surface area contributed by atoms with E-state index in [0.717, 1.165) is 55.3 Å². The predicted octanol–water partition coefficient (Wildman–Crippen LogP) is 3.47. The number of nitrogens with one attached hydrogen (secondary N) is 2. The molecule has 0 saturated carbocycles. The van der Waals surface area contributed by atoms with Crippen molar-refractivity contribution in [1.82, 2.24) is 15.5 Å². The van der Waals surface area contributed by atoms with Crippen LogP contribution in [0.25, 0.3) is 0 Å². The third-order valence-corrected chi connectivity index (χ3v) is 5.80. The predicted molar refractivity (Wildman–Crippen MR) is 143 cm³/mol. The summed E-state index contributed by atoms with van der Waals surface area (Å²) in [7, 11) is 4.97. The van der Waals surface area contributed by atoms with Crippen LogP contribution in [0.5, 0.6) is 11.5 Å². The summed E-state index contributed by atoms with van der Waals surface area (Å²) >= 11 is 0. The first kappa shape index (κ1) is 27.0. The molecule has 0 aromatic heterocycles. The topological polar surface area (TPSA) is 61.4 Å². The molecule has 1 fully saturated rings. The van der Waals surface area contributed by atoms with Crippen LogP contribution in [0.3, 0.4) is 0 Å². The van der Waals surface area contributed by atoms with Crippen LogP contribution < -0.4 is 25.0 Å². The Balaban J connectivity index is 0.00000385. The maximum Gasteiger partial charge on any atom is 0.191 e. The van der Waals surface area contributed by atoms with Crippen molar-refractivity contribution >= 4 is 35.6 Å². The van der Waals surface area contributed by atoms with E-state index in [2.05, 4.69) is 32.3 Å². The Kier molecular flexibility index (Phi) is 11.0. The molecule has 0 atom stereocenters. The maximum absolute atomic E-state index is 14.8. The molecule has 33 heavy (non-hydrogen) atoms. The third kappa shape index (κ3) is 7.36. The number of nitrogens with zero attached hydrogens (tertiary/aromatic N) is 3. The third-order valence-electron chi connectivity index (χ3n) is 5.80. The molecular formula is C24H35FIN5O2. The summed E-state index contributed by atoms with van der Waals surface area (Å²) in [5, 5.41) is 6.51. The normalized spacial score (nSPS) is 14.5. The molecule has 2 aromatic carbocycles. The number of piperazine rings is 1. The summed E-state index contributed by atoms with van der Waals surface area (Å²) in [6.07, 6.45) is 0. The van der Waals surface area contributed by atoms with Gasteiger partial charge in [-0.3, -0.25) is 4.99 Å². The van der Waals surface area contributed by atoms with E-state index in [1.54, 1.807) is 27.3 Å². The number of rotatable bonds is 8. The Labute approximate surface area is 213 Å². The zero-order valence-electron chi connectivity index (χ0n) is 19.9. The Hall–Kier alpha value is -2.27. The van der Waals surface area contributed by atoms with Crippen molar-refractivity contribution in [1.29, 1.82) is 0 Å². The highest BCUT2D eigenvalue weighted by molar-refractivity contribution is 14.0. The SMILES string of the molecule is CCN1CCN(c2ccc(CNC(=NC)NCc3ccc(OC)cc3OC)cc2F)CC1.I. The molecule has 3 rings (SSSR count). The second-order valence-corrected chi connectivity index (χ2v) is 7.66. The summed E-state index contributed by atoms with van der Waals surface area (Å²) in [5.41, 5.74) is 2.52. The summed E-state index contributed by atoms with van der Waals surface area (Å²) in [5.74, 6) is 1.93. The lowest BCUT2D eigenvalue weighted by Crippen LogP contribution is -2.46. The van der Waals surface area contributed by atoms with E-state index in [0.29, 0.717) is 24.7 Å². The molecule has 1 heterocycles. The van der Waals surface area contributed by atoms with Crippen LogP contribution >= 0.6 is 24.0 Å². The number of likely N-dealkylation sites (N-methyl/N-ethyl adjacent to an activating group) is 1. The van der Waals surface area contributed by atoms with Gasteiger partial charge >= 0.3 is 0 Å². The first-order chi connectivity index (χ1) is 15.6. The molecule has 0 amide bonds. The molecule has 0 unspecified atom stereocenters. The number of hydrogen-bond acceptors (Lipinski definition) is 5. The van der Waals surface area contributed by atoms with Crippen molar-refractivity contribution in [3.8, 4) is 11.5 Å². The maximum atomic E-state index is 14.8. The van der Waals surface area contributed by atoms with Crippen molar-refractivity contribution in [3.05, 3.63) is 53.3 Å². The van der Waals surface area contributed by atoms with Gasteiger partial charge in [0.2, 0.25) is 0 Å². The number of halogens is 2. The fraction of sp³-hybridized carbons (Fsp3) is 0.458. The number of methoxy groups -OCH3 is 2. The molecule has 7 nitrogen and oxygen atoms in total. The van der Waals surface area contributed by atoms with Gasteiger partial charge in [-0.15, -0.1) is 24.0 Å². The molecule has 1 saturated heterocycles. The highest BCUT2D eigenvalue weighted by Crippen LogP contribution is 2.24. The zero-order valence-corrected chi connectivity index (χ0v) is 22.2. The van der Waals surface area contributed by atoms with Gasteiger partial charge in [0.1, 0.15) is 17.3 Å². The molecule has 2 aromatic rings. The van der Waals surface area contributed by atoms with Gasteiger partial charge in [-0.05, 0) is 36.4 Å². The first-order valence-electron chi connectivity index (χ1n) is 11.0. The number of hydrogen-bond donors (Lipinski definition) is 2. The Bertz CT molecular complexity index is 920. The zero-order chi connectivity index (χ0) is 22.9. The lowest BCUT2D eigenvalue weighted by atomic mass is 10.1. The van der Waals surface area contributed by atoms with E-state index in [1.807, 2.05) is 30.3 Å². The van der Waals surface area contributed by atoms with Gasteiger partial charge < -0.3 is 29.9 Å². The second kappa shape index (κ2) is 13.4. The average Bonchev–Trinajstić information content (AvgIpc) is 2.84. The molecule has 0 bridgehead atoms. The van der Waals surface area contributed by atoms with Crippen LogP contribution in [-0.4, -0.2) is 64.9 Å². The fourth-order valence-corrected chi connectivity index (χ4v) is 3.81. The lowest BCUT2D eigenvalue weighted by molar-refractivity contribution is 0.270. The van der Waals surface area contributed by atoms with Crippen molar-refractivity contribution in [2.45, 2.75) is 20.0 Å². The van der Waals surface area contributed by atoms with Gasteiger partial charge in [-0.1, -0.05) is 13.0 Å². The highest BCUT2D eigenvalue weighted by atomic mass is 127. The van der Waals surface area contributed by atoms with Crippen molar-refractivity contribution in [2.75, 3.05) is 58.9 Å². The van der Waals surface area contributed by atoms with Crippen LogP contribution in [0.15, 0.2) is 41.4 Å². The largest absolute Gasteiger partial charge is 0.497 e. The van der Waals surface area contributed by atoms with Gasteiger partial charge in [-0.25, -0.2) is 4.39 Å². The van der Waals surface area contributed by atoms with Crippen LogP contribution in [0.2, 0.25) is 0 Å². The lowest BCUT2D eigenvalue weighted by Gasteiger charge is -2.35. The summed E-state index contributed by atoms with van der Waals surface area (Å²) in [6.45, 7) is 7.86. The van der Waals surface area contributed by atoms with Gasteiger partial charge in [0.15, 0.2) is 5.96 Å². The molecule has 0 aliphatic carbocycles. The quantitative estimate of drug-likeness (QED) is 0.288. The molecule has 2 N–H and O–H groups in total. The number of aliphatic imine (C=N–C) groups is 1. The standard InChI is InChI=1S/C24H34FN5O2.HI/c1-5-29-10-12-30(13-11-29)22-9-6-18(14-21(22)25)16-27-24(26-2)28-17-19-7-8-20(31-3)15-23(19)32-4;/h6-9,14-15H,5,10-13,16-17H2,1-4H3,(H2,26,27,28);1H. The van der Waals surface area contributed by atoms with Gasteiger partial charge in [0.05, 0.1) is 19.9 Å². The average molecular weight is 571 g/mol. The molecule has 9 heteroatoms. The van der Waals surface area contributed by atoms with E-state index in [9.17, 15) is 4.39 Å². The van der Waals surface area contributed by atoms with Gasteiger partial charge in [0.25, 0.3) is 0 Å². The van der Waals surface area contributed by atoms with E-state index in [4.69, 9.17) is 9.47 Å². The van der Waals surface area contributed by atoms with Gasteiger partial charge in [0, 0.05) is 57.9 Å². The van der Waals surface area contributed by atoms with Crippen molar-refractivity contribution in [3.63, 3.8) is 0 Å². The van der Waals surface area contributed by atoms with Crippen LogP contribution in [0, 0.1) is 5.82 Å². The van der Waals surface area contributed by atoms with E-state index in [1.165, 1.54) is 0 Å².